The number of rotatable bonds is 4. The van der Waals surface area contributed by atoms with Crippen LogP contribution >= 0.6 is 11.6 Å². The van der Waals surface area contributed by atoms with Crippen LogP contribution in [0.4, 0.5) is 0 Å². The number of hydrogen-bond donors (Lipinski definition) is 2. The van der Waals surface area contributed by atoms with Gasteiger partial charge in [-0.15, -0.1) is 11.6 Å². The highest BCUT2D eigenvalue weighted by Gasteiger charge is 2.34. The molecule has 0 saturated heterocycles. The van der Waals surface area contributed by atoms with Gasteiger partial charge in [-0.2, -0.15) is 0 Å². The van der Waals surface area contributed by atoms with Crippen LogP contribution in [0, 0.1) is 0 Å². The van der Waals surface area contributed by atoms with Gasteiger partial charge in [-0.25, -0.2) is 0 Å². The second-order valence-corrected chi connectivity index (χ2v) is 6.91. The number of aromatic nitrogens is 1. The summed E-state index contributed by atoms with van der Waals surface area (Å²) in [5.74, 6) is 0.844. The number of para-hydroxylation sites is 1. The van der Waals surface area contributed by atoms with E-state index in [-0.39, 0.29) is 12.0 Å². The van der Waals surface area contributed by atoms with Gasteiger partial charge in [-0.1, -0.05) is 24.3 Å². The molecule has 0 aliphatic carbocycles. The fourth-order valence-corrected chi connectivity index (χ4v) is 4.08. The van der Waals surface area contributed by atoms with Gasteiger partial charge in [0, 0.05) is 28.6 Å². The SMILES string of the molecule is COC(=O)[C@@H]1Cc2c([nH]c3ccccc23)[C@H](c2ccc(OC)c(CCl)c2)N1. The predicted octanol–water partition coefficient (Wildman–Crippen LogP) is 3.69. The van der Waals surface area contributed by atoms with Crippen molar-refractivity contribution < 1.29 is 14.3 Å². The van der Waals surface area contributed by atoms with E-state index < -0.39 is 6.04 Å². The lowest BCUT2D eigenvalue weighted by Gasteiger charge is -2.30. The lowest BCUT2D eigenvalue weighted by Crippen LogP contribution is -2.45. The Kier molecular flexibility index (Phi) is 4.81. The molecule has 0 unspecified atom stereocenters. The van der Waals surface area contributed by atoms with Crippen molar-refractivity contribution in [3.63, 3.8) is 0 Å². The molecule has 5 nitrogen and oxygen atoms in total. The van der Waals surface area contributed by atoms with Crippen molar-refractivity contribution in [2.75, 3.05) is 14.2 Å². The molecule has 2 N–H and O–H groups in total. The molecule has 1 aromatic heterocycles. The maximum absolute atomic E-state index is 12.3. The summed E-state index contributed by atoms with van der Waals surface area (Å²) in [4.78, 5) is 15.8. The van der Waals surface area contributed by atoms with Crippen molar-refractivity contribution in [2.45, 2.75) is 24.4 Å². The molecule has 0 spiro atoms. The summed E-state index contributed by atoms with van der Waals surface area (Å²) in [6.07, 6.45) is 0.584. The molecule has 2 atom stereocenters. The first kappa shape index (κ1) is 17.9. The van der Waals surface area contributed by atoms with Gasteiger partial charge < -0.3 is 14.5 Å². The number of benzene rings is 2. The first-order valence-electron chi connectivity index (χ1n) is 8.82. The number of carbonyl (C=O) groups is 1. The summed E-state index contributed by atoms with van der Waals surface area (Å²) < 4.78 is 10.4. The highest BCUT2D eigenvalue weighted by atomic mass is 35.5. The van der Waals surface area contributed by atoms with Crippen LogP contribution in [0.25, 0.3) is 10.9 Å². The predicted molar refractivity (Wildman–Crippen MR) is 105 cm³/mol. The number of alkyl halides is 1. The van der Waals surface area contributed by atoms with Gasteiger partial charge in [0.2, 0.25) is 0 Å². The molecule has 1 aliphatic heterocycles. The zero-order valence-electron chi connectivity index (χ0n) is 15.2. The number of aromatic amines is 1. The highest BCUT2D eigenvalue weighted by molar-refractivity contribution is 6.17. The molecule has 2 heterocycles. The number of H-pyrrole nitrogens is 1. The van der Waals surface area contributed by atoms with Gasteiger partial charge in [0.25, 0.3) is 0 Å². The number of fused-ring (bicyclic) bond motifs is 3. The van der Waals surface area contributed by atoms with Gasteiger partial charge in [0.05, 0.1) is 26.1 Å². The van der Waals surface area contributed by atoms with Crippen LogP contribution in [-0.2, 0) is 21.8 Å². The van der Waals surface area contributed by atoms with Gasteiger partial charge in [-0.05, 0) is 29.3 Å². The van der Waals surface area contributed by atoms with E-state index in [0.29, 0.717) is 12.3 Å². The summed E-state index contributed by atoms with van der Waals surface area (Å²) >= 11 is 6.11. The summed E-state index contributed by atoms with van der Waals surface area (Å²) in [5.41, 5.74) is 5.21. The molecule has 140 valence electrons. The maximum Gasteiger partial charge on any atom is 0.323 e. The number of nitrogens with one attached hydrogen (secondary N) is 2. The second-order valence-electron chi connectivity index (χ2n) is 6.65. The summed E-state index contributed by atoms with van der Waals surface area (Å²) in [7, 11) is 3.05. The van der Waals surface area contributed by atoms with E-state index in [9.17, 15) is 4.79 Å². The zero-order valence-corrected chi connectivity index (χ0v) is 16.0. The third-order valence-electron chi connectivity index (χ3n) is 5.18. The van der Waals surface area contributed by atoms with Gasteiger partial charge in [0.15, 0.2) is 0 Å². The largest absolute Gasteiger partial charge is 0.496 e. The van der Waals surface area contributed by atoms with Crippen LogP contribution in [-0.4, -0.2) is 31.2 Å². The van der Waals surface area contributed by atoms with Gasteiger partial charge in [0.1, 0.15) is 11.8 Å². The average molecular weight is 385 g/mol. The Bertz CT molecular complexity index is 998. The molecule has 6 heteroatoms. The minimum absolute atomic E-state index is 0.168. The van der Waals surface area contributed by atoms with E-state index in [1.807, 2.05) is 30.3 Å². The van der Waals surface area contributed by atoms with Crippen LogP contribution in [0.2, 0.25) is 0 Å². The minimum atomic E-state index is -0.409. The number of ether oxygens (including phenoxy) is 2. The maximum atomic E-state index is 12.3. The van der Waals surface area contributed by atoms with Crippen LogP contribution < -0.4 is 10.1 Å². The van der Waals surface area contributed by atoms with Gasteiger partial charge >= 0.3 is 5.97 Å². The van der Waals surface area contributed by atoms with Crippen molar-refractivity contribution >= 4 is 28.5 Å². The first-order chi connectivity index (χ1) is 13.2. The Balaban J connectivity index is 1.86. The molecular weight excluding hydrogens is 364 g/mol. The molecule has 0 radical (unpaired) electrons. The number of hydrogen-bond acceptors (Lipinski definition) is 4. The Morgan fingerprint density at radius 1 is 1.22 bits per heavy atom. The highest BCUT2D eigenvalue weighted by Crippen LogP contribution is 2.36. The molecule has 0 amide bonds. The summed E-state index contributed by atoms with van der Waals surface area (Å²) in [6, 6.07) is 13.5. The molecule has 0 fully saturated rings. The number of methoxy groups -OCH3 is 2. The molecular formula is C21H21ClN2O3. The van der Waals surface area contributed by atoms with E-state index in [4.69, 9.17) is 21.1 Å². The van der Waals surface area contributed by atoms with Crippen molar-refractivity contribution in [3.05, 3.63) is 64.8 Å². The third-order valence-corrected chi connectivity index (χ3v) is 5.47. The number of carbonyl (C=O) groups excluding carboxylic acids is 1. The third kappa shape index (κ3) is 3.07. The van der Waals surface area contributed by atoms with Crippen molar-refractivity contribution in [1.29, 1.82) is 0 Å². The van der Waals surface area contributed by atoms with Crippen LogP contribution in [0.3, 0.4) is 0 Å². The van der Waals surface area contributed by atoms with Crippen LogP contribution in [0.1, 0.15) is 28.4 Å². The number of esters is 1. The Labute approximate surface area is 162 Å². The standard InChI is InChI=1S/C21H21ClN2O3/c1-26-18-8-7-12(9-13(18)11-22)19-20-15(10-17(24-19)21(25)27-2)14-5-3-4-6-16(14)23-20/h3-9,17,19,23-24H,10-11H2,1-2H3/t17-,19-/m0/s1. The minimum Gasteiger partial charge on any atom is -0.496 e. The normalized spacial score (nSPS) is 18.9. The van der Waals surface area contributed by atoms with E-state index >= 15 is 0 Å². The second kappa shape index (κ2) is 7.25. The monoisotopic (exact) mass is 384 g/mol. The van der Waals surface area contributed by atoms with Gasteiger partial charge in [-0.3, -0.25) is 10.1 Å². The van der Waals surface area contributed by atoms with Crippen molar-refractivity contribution in [3.8, 4) is 5.75 Å². The van der Waals surface area contributed by atoms with Crippen molar-refractivity contribution in [2.24, 2.45) is 0 Å². The van der Waals surface area contributed by atoms with E-state index in [2.05, 4.69) is 22.4 Å². The lowest BCUT2D eigenvalue weighted by molar-refractivity contribution is -0.143. The molecule has 1 aliphatic rings. The van der Waals surface area contributed by atoms with Crippen molar-refractivity contribution in [1.82, 2.24) is 10.3 Å². The fraction of sp³-hybridized carbons (Fsp3) is 0.286. The lowest BCUT2D eigenvalue weighted by atomic mass is 9.89. The molecule has 0 bridgehead atoms. The quantitative estimate of drug-likeness (QED) is 0.532. The van der Waals surface area contributed by atoms with E-state index in [0.717, 1.165) is 39.0 Å². The molecule has 27 heavy (non-hydrogen) atoms. The van der Waals surface area contributed by atoms with E-state index in [1.165, 1.54) is 7.11 Å². The fourth-order valence-electron chi connectivity index (χ4n) is 3.87. The zero-order chi connectivity index (χ0) is 19.0. The molecule has 2 aromatic carbocycles. The average Bonchev–Trinajstić information content (AvgIpc) is 3.10. The number of halogens is 1. The summed E-state index contributed by atoms with van der Waals surface area (Å²) in [6.45, 7) is 0. The van der Waals surface area contributed by atoms with Crippen LogP contribution in [0.15, 0.2) is 42.5 Å². The smallest absolute Gasteiger partial charge is 0.323 e. The van der Waals surface area contributed by atoms with E-state index in [1.54, 1.807) is 7.11 Å². The van der Waals surface area contributed by atoms with Crippen LogP contribution in [0.5, 0.6) is 5.75 Å². The molecule has 0 saturated carbocycles. The molecule has 4 rings (SSSR count). The Morgan fingerprint density at radius 3 is 2.78 bits per heavy atom. The summed E-state index contributed by atoms with van der Waals surface area (Å²) in [5, 5.41) is 4.57. The topological polar surface area (TPSA) is 63.4 Å². The Hall–Kier alpha value is -2.50. The molecule has 3 aromatic rings. The first-order valence-corrected chi connectivity index (χ1v) is 9.35. The Morgan fingerprint density at radius 2 is 2.04 bits per heavy atom.